The number of hydrogen-bond donors (Lipinski definition) is 0. The van der Waals surface area contributed by atoms with Crippen molar-refractivity contribution in [3.8, 4) is 0 Å². The smallest absolute Gasteiger partial charge is 0.0297 e. The minimum absolute atomic E-state index is 0.749. The van der Waals surface area contributed by atoms with E-state index in [1.807, 2.05) is 0 Å². The molecule has 1 aliphatic rings. The molecule has 1 atom stereocenters. The van der Waals surface area contributed by atoms with Gasteiger partial charge in [-0.05, 0) is 36.1 Å². The van der Waals surface area contributed by atoms with Crippen molar-refractivity contribution in [2.45, 2.75) is 31.4 Å². The highest BCUT2D eigenvalue weighted by Crippen LogP contribution is 2.37. The second-order valence-corrected chi connectivity index (χ2v) is 4.88. The topological polar surface area (TPSA) is 0 Å². The second-order valence-electron chi connectivity index (χ2n) is 3.57. The predicted molar refractivity (Wildman–Crippen MR) is 60.3 cm³/mol. The highest BCUT2D eigenvalue weighted by molar-refractivity contribution is 7.99. The molecule has 0 aromatic heterocycles. The molecule has 0 nitrogen and oxygen atoms in total. The summed E-state index contributed by atoms with van der Waals surface area (Å²) in [4.78, 5) is 0. The van der Waals surface area contributed by atoms with Gasteiger partial charge in [0, 0.05) is 5.25 Å². The van der Waals surface area contributed by atoms with Gasteiger partial charge in [0.05, 0.1) is 0 Å². The average molecular weight is 192 g/mol. The van der Waals surface area contributed by atoms with Crippen molar-refractivity contribution in [3.05, 3.63) is 35.4 Å². The van der Waals surface area contributed by atoms with Gasteiger partial charge in [-0.15, -0.1) is 0 Å². The van der Waals surface area contributed by atoms with E-state index in [2.05, 4.69) is 43.0 Å². The van der Waals surface area contributed by atoms with Crippen LogP contribution in [-0.2, 0) is 6.42 Å². The predicted octanol–water partition coefficient (Wildman–Crippen LogP) is 3.82. The van der Waals surface area contributed by atoms with Crippen LogP contribution in [0.15, 0.2) is 24.3 Å². The molecule has 1 unspecified atom stereocenters. The molecule has 0 saturated heterocycles. The van der Waals surface area contributed by atoms with E-state index < -0.39 is 0 Å². The van der Waals surface area contributed by atoms with Gasteiger partial charge in [-0.2, -0.15) is 11.8 Å². The fourth-order valence-corrected chi connectivity index (χ4v) is 3.23. The van der Waals surface area contributed by atoms with Gasteiger partial charge >= 0.3 is 0 Å². The van der Waals surface area contributed by atoms with Crippen molar-refractivity contribution in [3.63, 3.8) is 0 Å². The van der Waals surface area contributed by atoms with Gasteiger partial charge in [-0.1, -0.05) is 31.2 Å². The Labute approximate surface area is 84.7 Å². The van der Waals surface area contributed by atoms with E-state index in [-0.39, 0.29) is 0 Å². The van der Waals surface area contributed by atoms with E-state index in [0.717, 1.165) is 5.25 Å². The maximum Gasteiger partial charge on any atom is 0.0297 e. The summed E-state index contributed by atoms with van der Waals surface area (Å²) in [5.74, 6) is 1.33. The molecule has 0 spiro atoms. The van der Waals surface area contributed by atoms with E-state index in [0.29, 0.717) is 0 Å². The van der Waals surface area contributed by atoms with Gasteiger partial charge in [-0.3, -0.25) is 0 Å². The van der Waals surface area contributed by atoms with Crippen molar-refractivity contribution in [1.29, 1.82) is 0 Å². The molecule has 70 valence electrons. The van der Waals surface area contributed by atoms with Crippen molar-refractivity contribution in [1.82, 2.24) is 0 Å². The molecule has 0 bridgehead atoms. The lowest BCUT2D eigenvalue weighted by atomic mass is 10.00. The third-order valence-electron chi connectivity index (χ3n) is 2.68. The Morgan fingerprint density at radius 1 is 1.38 bits per heavy atom. The van der Waals surface area contributed by atoms with E-state index in [1.54, 1.807) is 11.1 Å². The summed E-state index contributed by atoms with van der Waals surface area (Å²) < 4.78 is 0. The molecule has 1 aromatic carbocycles. The Bertz CT molecular complexity index is 280. The number of thioether (sulfide) groups is 1. The fraction of sp³-hybridized carbons (Fsp3) is 0.500. The first-order chi connectivity index (χ1) is 6.42. The van der Waals surface area contributed by atoms with E-state index in [9.17, 15) is 0 Å². The molecule has 0 radical (unpaired) electrons. The fourth-order valence-electron chi connectivity index (χ4n) is 1.99. The zero-order valence-electron chi connectivity index (χ0n) is 8.12. The normalized spacial score (nSPS) is 22.1. The molecule has 1 aromatic rings. The second kappa shape index (κ2) is 4.19. The summed E-state index contributed by atoms with van der Waals surface area (Å²) in [7, 11) is 0. The van der Waals surface area contributed by atoms with Gasteiger partial charge in [0.1, 0.15) is 0 Å². The Hall–Kier alpha value is -0.430. The van der Waals surface area contributed by atoms with Gasteiger partial charge in [0.2, 0.25) is 0 Å². The molecular formula is C12H16S. The summed E-state index contributed by atoms with van der Waals surface area (Å²) in [5.41, 5.74) is 3.17. The van der Waals surface area contributed by atoms with Crippen molar-refractivity contribution >= 4 is 11.8 Å². The first kappa shape index (κ1) is 9.14. The molecule has 13 heavy (non-hydrogen) atoms. The summed E-state index contributed by atoms with van der Waals surface area (Å²) in [6.45, 7) is 2.29. The van der Waals surface area contributed by atoms with E-state index in [4.69, 9.17) is 0 Å². The van der Waals surface area contributed by atoms with Crippen LogP contribution in [0.3, 0.4) is 0 Å². The van der Waals surface area contributed by atoms with Crippen LogP contribution in [0, 0.1) is 0 Å². The third kappa shape index (κ3) is 1.91. The summed E-state index contributed by atoms with van der Waals surface area (Å²) >= 11 is 2.13. The largest absolute Gasteiger partial charge is 0.154 e. The lowest BCUT2D eigenvalue weighted by Crippen LogP contribution is -1.94. The van der Waals surface area contributed by atoms with Crippen LogP contribution in [0.1, 0.15) is 36.1 Å². The van der Waals surface area contributed by atoms with Crippen molar-refractivity contribution < 1.29 is 0 Å². The van der Waals surface area contributed by atoms with Crippen LogP contribution in [0.2, 0.25) is 0 Å². The zero-order valence-corrected chi connectivity index (χ0v) is 8.94. The number of rotatable bonds is 1. The van der Waals surface area contributed by atoms with E-state index in [1.165, 1.54) is 25.0 Å². The molecule has 0 aliphatic carbocycles. The number of aryl methyl sites for hydroxylation is 1. The van der Waals surface area contributed by atoms with Crippen LogP contribution >= 0.6 is 11.8 Å². The van der Waals surface area contributed by atoms with Crippen molar-refractivity contribution in [2.75, 3.05) is 5.75 Å². The highest BCUT2D eigenvalue weighted by atomic mass is 32.2. The average Bonchev–Trinajstić information content (AvgIpc) is 2.39. The Morgan fingerprint density at radius 3 is 3.08 bits per heavy atom. The first-order valence-electron chi connectivity index (χ1n) is 5.11. The molecule has 1 heteroatoms. The molecule has 2 rings (SSSR count). The van der Waals surface area contributed by atoms with Gasteiger partial charge in [0.25, 0.3) is 0 Å². The van der Waals surface area contributed by atoms with Crippen LogP contribution in [0.5, 0.6) is 0 Å². The van der Waals surface area contributed by atoms with Crippen LogP contribution in [0.25, 0.3) is 0 Å². The number of hydrogen-bond acceptors (Lipinski definition) is 1. The van der Waals surface area contributed by atoms with Gasteiger partial charge in [0.15, 0.2) is 0 Å². The van der Waals surface area contributed by atoms with Crippen LogP contribution in [0.4, 0.5) is 0 Å². The molecule has 0 N–H and O–H groups in total. The Balaban J connectivity index is 2.35. The number of benzene rings is 1. The molecule has 0 amide bonds. The maximum atomic E-state index is 2.31. The first-order valence-corrected chi connectivity index (χ1v) is 6.16. The molecule has 1 aliphatic heterocycles. The van der Waals surface area contributed by atoms with Crippen molar-refractivity contribution in [2.24, 2.45) is 0 Å². The Kier molecular flexibility index (Phi) is 2.94. The third-order valence-corrected chi connectivity index (χ3v) is 4.20. The van der Waals surface area contributed by atoms with E-state index >= 15 is 0 Å². The monoisotopic (exact) mass is 192 g/mol. The minimum Gasteiger partial charge on any atom is -0.154 e. The molecule has 0 saturated carbocycles. The van der Waals surface area contributed by atoms with Crippen LogP contribution in [-0.4, -0.2) is 5.75 Å². The molecule has 0 fully saturated rings. The summed E-state index contributed by atoms with van der Waals surface area (Å²) in [5, 5.41) is 0.749. The highest BCUT2D eigenvalue weighted by Gasteiger charge is 2.16. The summed E-state index contributed by atoms with van der Waals surface area (Å²) in [6.07, 6.45) is 3.89. The zero-order chi connectivity index (χ0) is 9.10. The quantitative estimate of drug-likeness (QED) is 0.652. The van der Waals surface area contributed by atoms with Gasteiger partial charge < -0.3 is 0 Å². The lowest BCUT2D eigenvalue weighted by Gasteiger charge is -2.14. The number of fused-ring (bicyclic) bond motifs is 1. The van der Waals surface area contributed by atoms with Gasteiger partial charge in [-0.25, -0.2) is 0 Å². The standard InChI is InChI=1S/C12H16S/c1-2-12-11-8-4-3-6-10(11)7-5-9-13-12/h3-4,6,8,12H,2,5,7,9H2,1H3. The molecule has 1 heterocycles. The lowest BCUT2D eigenvalue weighted by molar-refractivity contribution is 0.878. The van der Waals surface area contributed by atoms with Crippen LogP contribution < -0.4 is 0 Å². The molecular weight excluding hydrogens is 176 g/mol. The maximum absolute atomic E-state index is 2.31. The minimum atomic E-state index is 0.749. The summed E-state index contributed by atoms with van der Waals surface area (Å²) in [6, 6.07) is 8.95. The SMILES string of the molecule is CCC1SCCCc2ccccc21. The Morgan fingerprint density at radius 2 is 2.23 bits per heavy atom.